The molecule has 0 aromatic heterocycles. The molecule has 1 saturated heterocycles. The van der Waals surface area contributed by atoms with Crippen molar-refractivity contribution < 1.29 is 14.1 Å². The number of anilines is 1. The number of ketones is 1. The Hall–Kier alpha value is -2.76. The van der Waals surface area contributed by atoms with Crippen LogP contribution in [0.3, 0.4) is 0 Å². The SMILES string of the molecule is Cc1cccc([N+](=O)[O-])c1N1CCC(C(=O)c2ccc(F)cc2)CC1. The molecule has 0 N–H and O–H groups in total. The lowest BCUT2D eigenvalue weighted by molar-refractivity contribution is -0.384. The van der Waals surface area contributed by atoms with Crippen LogP contribution in [0.5, 0.6) is 0 Å². The number of aryl methyl sites for hydroxylation is 1. The Morgan fingerprint density at radius 3 is 2.40 bits per heavy atom. The highest BCUT2D eigenvalue weighted by molar-refractivity contribution is 5.98. The minimum atomic E-state index is -0.363. The highest BCUT2D eigenvalue weighted by Gasteiger charge is 2.29. The van der Waals surface area contributed by atoms with Gasteiger partial charge < -0.3 is 4.90 Å². The fourth-order valence-corrected chi connectivity index (χ4v) is 3.42. The van der Waals surface area contributed by atoms with Crippen molar-refractivity contribution in [3.05, 3.63) is 69.5 Å². The Bertz CT molecular complexity index is 797. The molecule has 0 saturated carbocycles. The summed E-state index contributed by atoms with van der Waals surface area (Å²) in [5, 5.41) is 11.3. The maximum Gasteiger partial charge on any atom is 0.292 e. The summed E-state index contributed by atoms with van der Waals surface area (Å²) in [6.45, 7) is 3.03. The minimum Gasteiger partial charge on any atom is -0.366 e. The van der Waals surface area contributed by atoms with E-state index in [1.165, 1.54) is 30.3 Å². The van der Waals surface area contributed by atoms with Gasteiger partial charge in [0.25, 0.3) is 5.69 Å². The van der Waals surface area contributed by atoms with Crippen LogP contribution >= 0.6 is 0 Å². The molecular formula is C19H19FN2O3. The number of nitrogens with zero attached hydrogens (tertiary/aromatic N) is 2. The molecule has 2 aromatic rings. The van der Waals surface area contributed by atoms with Gasteiger partial charge >= 0.3 is 0 Å². The predicted octanol–water partition coefficient (Wildman–Crippen LogP) is 4.14. The van der Waals surface area contributed by atoms with Crippen LogP contribution in [0.15, 0.2) is 42.5 Å². The zero-order chi connectivity index (χ0) is 18.0. The number of piperidine rings is 1. The molecule has 1 heterocycles. The van der Waals surface area contributed by atoms with Gasteiger partial charge in [-0.05, 0) is 49.6 Å². The molecule has 25 heavy (non-hydrogen) atoms. The number of nitro benzene ring substituents is 1. The molecule has 0 bridgehead atoms. The number of benzene rings is 2. The van der Waals surface area contributed by atoms with E-state index in [2.05, 4.69) is 0 Å². The van der Waals surface area contributed by atoms with Gasteiger partial charge in [0, 0.05) is 30.6 Å². The van der Waals surface area contributed by atoms with Gasteiger partial charge in [0.1, 0.15) is 11.5 Å². The fourth-order valence-electron chi connectivity index (χ4n) is 3.42. The van der Waals surface area contributed by atoms with E-state index in [0.29, 0.717) is 37.2 Å². The van der Waals surface area contributed by atoms with Crippen molar-refractivity contribution in [2.24, 2.45) is 5.92 Å². The first-order valence-electron chi connectivity index (χ1n) is 8.26. The average molecular weight is 342 g/mol. The van der Waals surface area contributed by atoms with Crippen LogP contribution in [0.1, 0.15) is 28.8 Å². The van der Waals surface area contributed by atoms with Crippen molar-refractivity contribution in [1.82, 2.24) is 0 Å². The summed E-state index contributed by atoms with van der Waals surface area (Å²) in [6, 6.07) is 10.7. The topological polar surface area (TPSA) is 63.5 Å². The number of carbonyl (C=O) groups excluding carboxylic acids is 1. The molecule has 0 amide bonds. The lowest BCUT2D eigenvalue weighted by Gasteiger charge is -2.33. The quantitative estimate of drug-likeness (QED) is 0.476. The van der Waals surface area contributed by atoms with Crippen molar-refractivity contribution in [1.29, 1.82) is 0 Å². The number of hydrogen-bond donors (Lipinski definition) is 0. The molecule has 130 valence electrons. The second kappa shape index (κ2) is 7.01. The van der Waals surface area contributed by atoms with Gasteiger partial charge in [-0.15, -0.1) is 0 Å². The largest absolute Gasteiger partial charge is 0.366 e. The summed E-state index contributed by atoms with van der Waals surface area (Å²) >= 11 is 0. The van der Waals surface area contributed by atoms with Crippen LogP contribution in [0.25, 0.3) is 0 Å². The summed E-state index contributed by atoms with van der Waals surface area (Å²) in [6.07, 6.45) is 1.25. The second-order valence-corrected chi connectivity index (χ2v) is 6.33. The van der Waals surface area contributed by atoms with Crippen molar-refractivity contribution in [2.45, 2.75) is 19.8 Å². The van der Waals surface area contributed by atoms with Crippen LogP contribution in [0.4, 0.5) is 15.8 Å². The van der Waals surface area contributed by atoms with Crippen molar-refractivity contribution >= 4 is 17.2 Å². The third kappa shape index (κ3) is 3.52. The normalized spacial score (nSPS) is 15.2. The van der Waals surface area contributed by atoms with Gasteiger partial charge in [0.15, 0.2) is 5.78 Å². The first-order chi connectivity index (χ1) is 12.0. The second-order valence-electron chi connectivity index (χ2n) is 6.33. The summed E-state index contributed by atoms with van der Waals surface area (Å²) in [5.41, 5.74) is 2.11. The average Bonchev–Trinajstić information content (AvgIpc) is 2.61. The number of hydrogen-bond acceptors (Lipinski definition) is 4. The van der Waals surface area contributed by atoms with E-state index < -0.39 is 0 Å². The fraction of sp³-hybridized carbons (Fsp3) is 0.316. The van der Waals surface area contributed by atoms with E-state index in [1.807, 2.05) is 17.9 Å². The first-order valence-corrected chi connectivity index (χ1v) is 8.26. The van der Waals surface area contributed by atoms with E-state index >= 15 is 0 Å². The molecule has 5 nitrogen and oxygen atoms in total. The molecule has 0 spiro atoms. The molecule has 0 aliphatic carbocycles. The van der Waals surface area contributed by atoms with Crippen LogP contribution < -0.4 is 4.90 Å². The van der Waals surface area contributed by atoms with E-state index in [-0.39, 0.29) is 28.1 Å². The Labute approximate surface area is 145 Å². The van der Waals surface area contributed by atoms with Crippen LogP contribution in [-0.2, 0) is 0 Å². The number of halogens is 1. The Morgan fingerprint density at radius 2 is 1.80 bits per heavy atom. The minimum absolute atomic E-state index is 0.0129. The maximum atomic E-state index is 13.0. The highest BCUT2D eigenvalue weighted by atomic mass is 19.1. The molecule has 2 aromatic carbocycles. The van der Waals surface area contributed by atoms with Crippen LogP contribution in [0.2, 0.25) is 0 Å². The number of Topliss-reactive ketones (excluding diaryl/α,β-unsaturated/α-hetero) is 1. The standard InChI is InChI=1S/C19H19FN2O3/c1-13-3-2-4-17(22(24)25)18(13)21-11-9-15(10-12-21)19(23)14-5-7-16(20)8-6-14/h2-8,15H,9-12H2,1H3. The number of rotatable bonds is 4. The molecule has 0 radical (unpaired) electrons. The van der Waals surface area contributed by atoms with Crippen molar-refractivity contribution in [3.63, 3.8) is 0 Å². The Balaban J connectivity index is 1.73. The van der Waals surface area contributed by atoms with Gasteiger partial charge in [0.2, 0.25) is 0 Å². The zero-order valence-electron chi connectivity index (χ0n) is 13.9. The Morgan fingerprint density at radius 1 is 1.16 bits per heavy atom. The van der Waals surface area contributed by atoms with E-state index in [1.54, 1.807) is 6.07 Å². The summed E-state index contributed by atoms with van der Waals surface area (Å²) < 4.78 is 13.0. The Kier molecular flexibility index (Phi) is 4.79. The lowest BCUT2D eigenvalue weighted by atomic mass is 9.88. The predicted molar refractivity (Wildman–Crippen MR) is 93.5 cm³/mol. The molecule has 0 unspecified atom stereocenters. The molecule has 1 aliphatic heterocycles. The molecule has 1 fully saturated rings. The maximum absolute atomic E-state index is 13.0. The molecule has 1 aliphatic rings. The lowest BCUT2D eigenvalue weighted by Crippen LogP contribution is -2.37. The monoisotopic (exact) mass is 342 g/mol. The van der Waals surface area contributed by atoms with Gasteiger partial charge in [-0.2, -0.15) is 0 Å². The third-order valence-corrected chi connectivity index (χ3v) is 4.72. The highest BCUT2D eigenvalue weighted by Crippen LogP contribution is 2.34. The molecular weight excluding hydrogens is 323 g/mol. The molecule has 0 atom stereocenters. The summed E-state index contributed by atoms with van der Waals surface area (Å²) in [7, 11) is 0. The van der Waals surface area contributed by atoms with Gasteiger partial charge in [-0.3, -0.25) is 14.9 Å². The number of nitro groups is 1. The van der Waals surface area contributed by atoms with Crippen LogP contribution in [0, 0.1) is 28.8 Å². The third-order valence-electron chi connectivity index (χ3n) is 4.72. The smallest absolute Gasteiger partial charge is 0.292 e. The summed E-state index contributed by atoms with van der Waals surface area (Å²) in [5.74, 6) is -0.484. The van der Waals surface area contributed by atoms with Gasteiger partial charge in [0.05, 0.1) is 4.92 Å². The number of carbonyl (C=O) groups is 1. The zero-order valence-corrected chi connectivity index (χ0v) is 13.9. The number of para-hydroxylation sites is 1. The van der Waals surface area contributed by atoms with Gasteiger partial charge in [-0.1, -0.05) is 12.1 Å². The van der Waals surface area contributed by atoms with E-state index in [9.17, 15) is 19.3 Å². The van der Waals surface area contributed by atoms with Crippen molar-refractivity contribution in [3.8, 4) is 0 Å². The first kappa shape index (κ1) is 17.1. The van der Waals surface area contributed by atoms with Crippen LogP contribution in [-0.4, -0.2) is 23.8 Å². The molecule has 3 rings (SSSR count). The molecule has 6 heteroatoms. The van der Waals surface area contributed by atoms with E-state index in [4.69, 9.17) is 0 Å². The van der Waals surface area contributed by atoms with Gasteiger partial charge in [-0.25, -0.2) is 4.39 Å². The van der Waals surface area contributed by atoms with Crippen molar-refractivity contribution in [2.75, 3.05) is 18.0 Å². The summed E-state index contributed by atoms with van der Waals surface area (Å²) in [4.78, 5) is 25.5. The van der Waals surface area contributed by atoms with E-state index in [0.717, 1.165) is 5.56 Å².